The molecule has 32 heavy (non-hydrogen) atoms. The van der Waals surface area contributed by atoms with Crippen molar-refractivity contribution >= 4 is 0 Å². The Kier molecular flexibility index (Phi) is 12.5. The Bertz CT molecular complexity index is 632. The van der Waals surface area contributed by atoms with Gasteiger partial charge in [0.1, 0.15) is 13.1 Å². The molecule has 0 fully saturated rings. The van der Waals surface area contributed by atoms with Gasteiger partial charge < -0.3 is 9.80 Å². The van der Waals surface area contributed by atoms with Gasteiger partial charge in [-0.25, -0.2) is 0 Å². The molecule has 2 N–H and O–H groups in total. The summed E-state index contributed by atoms with van der Waals surface area (Å²) in [6, 6.07) is 0. The molecule has 0 saturated carbocycles. The van der Waals surface area contributed by atoms with Crippen LogP contribution in [0.5, 0.6) is 0 Å². The van der Waals surface area contributed by atoms with Crippen molar-refractivity contribution in [2.75, 3.05) is 26.2 Å². The average molecular weight is 437 g/mol. The van der Waals surface area contributed by atoms with Gasteiger partial charge in [-0.15, -0.1) is 0 Å². The number of quaternary nitrogens is 2. The topological polar surface area (TPSA) is 8.88 Å². The highest BCUT2D eigenvalue weighted by Gasteiger charge is 2.10. The van der Waals surface area contributed by atoms with E-state index in [0.29, 0.717) is 0 Å². The second-order valence-electron chi connectivity index (χ2n) is 9.89. The third kappa shape index (κ3) is 10.8. The van der Waals surface area contributed by atoms with Gasteiger partial charge in [0.25, 0.3) is 0 Å². The first-order valence-corrected chi connectivity index (χ1v) is 13.6. The lowest BCUT2D eigenvalue weighted by molar-refractivity contribution is -0.841. The minimum absolute atomic E-state index is 1.16. The summed E-state index contributed by atoms with van der Waals surface area (Å²) in [5.41, 5.74) is 3.12. The fraction of sp³-hybridized carbons (Fsp3) is 0.600. The molecule has 2 heteroatoms. The van der Waals surface area contributed by atoms with Crippen LogP contribution in [0.25, 0.3) is 0 Å². The summed E-state index contributed by atoms with van der Waals surface area (Å²) >= 11 is 0. The maximum Gasteiger partial charge on any atom is 0.100 e. The molecule has 3 heterocycles. The number of rotatable bonds is 0. The Labute approximate surface area is 198 Å². The van der Waals surface area contributed by atoms with Crippen LogP contribution in [0.1, 0.15) is 89.9 Å². The van der Waals surface area contributed by atoms with E-state index in [4.69, 9.17) is 0 Å². The largest absolute Gasteiger partial charge is 0.305 e. The zero-order chi connectivity index (χ0) is 22.1. The Hall–Kier alpha value is -1.64. The molecule has 0 aliphatic carbocycles. The minimum atomic E-state index is 1.16. The number of allylic oxidation sites excluding steroid dienone is 6. The molecule has 0 aromatic heterocycles. The van der Waals surface area contributed by atoms with Gasteiger partial charge in [0, 0.05) is 24.0 Å². The zero-order valence-electron chi connectivity index (χ0n) is 20.5. The number of hydrogen-bond donors (Lipinski definition) is 2. The van der Waals surface area contributed by atoms with Gasteiger partial charge in [-0.2, -0.15) is 0 Å². The van der Waals surface area contributed by atoms with E-state index in [1.807, 2.05) is 0 Å². The van der Waals surface area contributed by atoms with E-state index in [-0.39, 0.29) is 0 Å². The van der Waals surface area contributed by atoms with Crippen LogP contribution < -0.4 is 9.80 Å². The van der Waals surface area contributed by atoms with Crippen LogP contribution in [0.3, 0.4) is 0 Å². The molecule has 3 aliphatic heterocycles. The van der Waals surface area contributed by atoms with Gasteiger partial charge in [0.15, 0.2) is 0 Å². The van der Waals surface area contributed by atoms with Crippen LogP contribution in [-0.4, -0.2) is 26.2 Å². The second kappa shape index (κ2) is 16.0. The van der Waals surface area contributed by atoms with E-state index in [1.165, 1.54) is 103 Å². The minimum Gasteiger partial charge on any atom is -0.305 e. The lowest BCUT2D eigenvalue weighted by Crippen LogP contribution is -3.07. The van der Waals surface area contributed by atoms with E-state index < -0.39 is 0 Å². The molecule has 2 nitrogen and oxygen atoms in total. The average Bonchev–Trinajstić information content (AvgIpc) is 2.81. The summed E-state index contributed by atoms with van der Waals surface area (Å²) in [5, 5.41) is 0. The third-order valence-electron chi connectivity index (χ3n) is 6.97. The quantitative estimate of drug-likeness (QED) is 0.480. The van der Waals surface area contributed by atoms with Crippen molar-refractivity contribution < 1.29 is 9.80 Å². The Balaban J connectivity index is 1.43. The van der Waals surface area contributed by atoms with E-state index in [9.17, 15) is 0 Å². The highest BCUT2D eigenvalue weighted by molar-refractivity contribution is 5.18. The van der Waals surface area contributed by atoms with E-state index in [1.54, 1.807) is 20.9 Å². The highest BCUT2D eigenvalue weighted by atomic mass is 15.1. The van der Waals surface area contributed by atoms with Crippen molar-refractivity contribution in [1.82, 2.24) is 0 Å². The van der Waals surface area contributed by atoms with Gasteiger partial charge in [-0.1, -0.05) is 62.1 Å². The molecular formula is C30H48N2+2. The molecule has 3 rings (SSSR count). The smallest absolute Gasteiger partial charge is 0.100 e. The van der Waals surface area contributed by atoms with Gasteiger partial charge in [0.05, 0.1) is 25.5 Å². The normalized spacial score (nSPS) is 27.5. The molecule has 3 aliphatic rings. The molecule has 2 unspecified atom stereocenters. The lowest BCUT2D eigenvalue weighted by atomic mass is 10.0. The van der Waals surface area contributed by atoms with Crippen molar-refractivity contribution in [2.45, 2.75) is 89.9 Å². The molecule has 0 amide bonds. The zero-order valence-corrected chi connectivity index (χ0v) is 20.5. The second-order valence-corrected chi connectivity index (χ2v) is 9.89. The van der Waals surface area contributed by atoms with Gasteiger partial charge >= 0.3 is 0 Å². The standard InChI is InChI=1S/C30H46N2/c1-3-7-11-15-23-31-25-18-22-30(28-31)20-14-10-6-2-4-8-12-16-24-32-26-17-21-29(27-32)19-13-9-5-1/h7-8,11-12,17-18,21-22,27-28H,1-6,9-10,13-16,19-20,23-26H2/p+2. The first-order chi connectivity index (χ1) is 15.9. The Morgan fingerprint density at radius 2 is 0.875 bits per heavy atom. The van der Waals surface area contributed by atoms with E-state index >= 15 is 0 Å². The van der Waals surface area contributed by atoms with Gasteiger partial charge in [-0.05, 0) is 63.5 Å². The van der Waals surface area contributed by atoms with Crippen LogP contribution in [0.2, 0.25) is 0 Å². The van der Waals surface area contributed by atoms with Gasteiger partial charge in [0.2, 0.25) is 0 Å². The molecule has 176 valence electrons. The number of fused-ring (bicyclic) bond motifs is 2. The summed E-state index contributed by atoms with van der Waals surface area (Å²) in [6.07, 6.45) is 42.5. The highest BCUT2D eigenvalue weighted by Crippen LogP contribution is 2.14. The van der Waals surface area contributed by atoms with Crippen molar-refractivity contribution in [3.05, 3.63) is 72.2 Å². The van der Waals surface area contributed by atoms with Crippen molar-refractivity contribution in [1.29, 1.82) is 0 Å². The summed E-state index contributed by atoms with van der Waals surface area (Å²) in [5.74, 6) is 0. The fourth-order valence-corrected chi connectivity index (χ4v) is 5.02. The van der Waals surface area contributed by atoms with Crippen molar-refractivity contribution in [3.8, 4) is 0 Å². The first kappa shape index (κ1) is 25.0. The summed E-state index contributed by atoms with van der Waals surface area (Å²) in [7, 11) is 0. The Morgan fingerprint density at radius 1 is 0.438 bits per heavy atom. The monoisotopic (exact) mass is 436 g/mol. The maximum absolute atomic E-state index is 2.50. The van der Waals surface area contributed by atoms with Gasteiger partial charge in [-0.3, -0.25) is 0 Å². The van der Waals surface area contributed by atoms with Crippen LogP contribution in [-0.2, 0) is 0 Å². The SMILES string of the molecule is C1=CCC[NH+]2C=C(C=CC2)CCCCCCC=CCC[NH+]2C=C(C=CC2)CCCCCC1. The lowest BCUT2D eigenvalue weighted by Gasteiger charge is -2.17. The van der Waals surface area contributed by atoms with Crippen LogP contribution in [0.4, 0.5) is 0 Å². The molecule has 2 atom stereocenters. The van der Waals surface area contributed by atoms with Crippen LogP contribution in [0.15, 0.2) is 72.2 Å². The molecule has 0 aromatic carbocycles. The Morgan fingerprint density at radius 3 is 1.38 bits per heavy atom. The van der Waals surface area contributed by atoms with Crippen molar-refractivity contribution in [3.63, 3.8) is 0 Å². The molecule has 0 aromatic rings. The maximum atomic E-state index is 2.50. The third-order valence-corrected chi connectivity index (χ3v) is 6.97. The molecule has 0 spiro atoms. The molecule has 0 saturated heterocycles. The predicted octanol–water partition coefficient (Wildman–Crippen LogP) is 5.25. The number of hydrogen-bond acceptors (Lipinski definition) is 0. The van der Waals surface area contributed by atoms with Crippen LogP contribution >= 0.6 is 0 Å². The van der Waals surface area contributed by atoms with Crippen LogP contribution in [0, 0.1) is 0 Å². The molecule has 4 bridgehead atoms. The van der Waals surface area contributed by atoms with E-state index in [0.717, 1.165) is 13.1 Å². The predicted molar refractivity (Wildman–Crippen MR) is 139 cm³/mol. The van der Waals surface area contributed by atoms with Crippen molar-refractivity contribution in [2.24, 2.45) is 0 Å². The number of nitrogens with one attached hydrogen (secondary N) is 2. The summed E-state index contributed by atoms with van der Waals surface area (Å²) < 4.78 is 0. The van der Waals surface area contributed by atoms with E-state index in [2.05, 4.69) is 61.0 Å². The molecular weight excluding hydrogens is 388 g/mol. The first-order valence-electron chi connectivity index (χ1n) is 13.6. The fourth-order valence-electron chi connectivity index (χ4n) is 5.02. The summed E-state index contributed by atoms with van der Waals surface area (Å²) in [4.78, 5) is 3.26. The molecule has 0 radical (unpaired) electrons. The summed E-state index contributed by atoms with van der Waals surface area (Å²) in [6.45, 7) is 4.79.